The lowest BCUT2D eigenvalue weighted by Gasteiger charge is -2.23. The third kappa shape index (κ3) is 3.91. The van der Waals surface area contributed by atoms with Gasteiger partial charge in [-0.1, -0.05) is 31.9 Å². The van der Waals surface area contributed by atoms with E-state index in [1.807, 2.05) is 0 Å². The van der Waals surface area contributed by atoms with Crippen molar-refractivity contribution in [3.8, 4) is 0 Å². The number of hydrogen-bond acceptors (Lipinski definition) is 2. The maximum Gasteiger partial charge on any atom is 0.174 e. The third-order valence-corrected chi connectivity index (χ3v) is 2.73. The van der Waals surface area contributed by atoms with E-state index < -0.39 is 5.79 Å². The van der Waals surface area contributed by atoms with Crippen LogP contribution in [0, 0.1) is 0 Å². The van der Waals surface area contributed by atoms with Crippen molar-refractivity contribution in [3.63, 3.8) is 0 Å². The SMILES string of the molecule is CO[C@](O)(CBr)CCCBr. The molecule has 10 heavy (non-hydrogen) atoms. The molecular weight excluding hydrogens is 264 g/mol. The molecule has 0 unspecified atom stereocenters. The summed E-state index contributed by atoms with van der Waals surface area (Å²) in [5, 5.41) is 10.8. The molecule has 2 nitrogen and oxygen atoms in total. The summed E-state index contributed by atoms with van der Waals surface area (Å²) in [5.41, 5.74) is 0. The van der Waals surface area contributed by atoms with Crippen LogP contribution in [0.3, 0.4) is 0 Å². The van der Waals surface area contributed by atoms with Crippen LogP contribution in [0.1, 0.15) is 12.8 Å². The second-order valence-corrected chi connectivity index (χ2v) is 3.43. The molecule has 0 saturated carbocycles. The highest BCUT2D eigenvalue weighted by atomic mass is 79.9. The highest BCUT2D eigenvalue weighted by Crippen LogP contribution is 2.16. The molecule has 0 aromatic rings. The van der Waals surface area contributed by atoms with Crippen molar-refractivity contribution in [3.05, 3.63) is 0 Å². The summed E-state index contributed by atoms with van der Waals surface area (Å²) in [4.78, 5) is 0. The first-order valence-corrected chi connectivity index (χ1v) is 5.32. The number of ether oxygens (including phenoxy) is 1. The smallest absolute Gasteiger partial charge is 0.174 e. The Labute approximate surface area is 78.2 Å². The lowest BCUT2D eigenvalue weighted by molar-refractivity contribution is -0.169. The van der Waals surface area contributed by atoms with Crippen LogP contribution in [0.2, 0.25) is 0 Å². The normalized spacial score (nSPS) is 16.8. The van der Waals surface area contributed by atoms with Crippen LogP contribution in [0.15, 0.2) is 0 Å². The summed E-state index contributed by atoms with van der Waals surface area (Å²) in [6.45, 7) is 0. The van der Waals surface area contributed by atoms with Crippen molar-refractivity contribution in [1.82, 2.24) is 0 Å². The molecule has 0 aromatic heterocycles. The zero-order valence-corrected chi connectivity index (χ0v) is 9.11. The molecule has 0 radical (unpaired) electrons. The Morgan fingerprint density at radius 2 is 2.10 bits per heavy atom. The Bertz CT molecular complexity index is 83.8. The van der Waals surface area contributed by atoms with Gasteiger partial charge < -0.3 is 9.84 Å². The quantitative estimate of drug-likeness (QED) is 0.613. The van der Waals surface area contributed by atoms with Gasteiger partial charge in [-0.25, -0.2) is 0 Å². The Hall–Kier alpha value is 0.880. The van der Waals surface area contributed by atoms with Crippen LogP contribution >= 0.6 is 31.9 Å². The average Bonchev–Trinajstić information content (AvgIpc) is 2.00. The van der Waals surface area contributed by atoms with E-state index in [9.17, 15) is 5.11 Å². The minimum Gasteiger partial charge on any atom is -0.365 e. The van der Waals surface area contributed by atoms with Gasteiger partial charge in [0.05, 0.1) is 5.33 Å². The standard InChI is InChI=1S/C6H12Br2O2/c1-10-6(9,5-8)3-2-4-7/h9H,2-5H2,1H3/t6-/m0/s1. The van der Waals surface area contributed by atoms with Crippen LogP contribution in [-0.4, -0.2) is 28.7 Å². The highest BCUT2D eigenvalue weighted by Gasteiger charge is 2.23. The zero-order chi connectivity index (χ0) is 8.04. The van der Waals surface area contributed by atoms with Crippen LogP contribution in [-0.2, 0) is 4.74 Å². The second-order valence-electron chi connectivity index (χ2n) is 2.08. The third-order valence-electron chi connectivity index (χ3n) is 1.29. The summed E-state index contributed by atoms with van der Waals surface area (Å²) in [5.74, 6) is -0.978. The summed E-state index contributed by atoms with van der Waals surface area (Å²) < 4.78 is 4.88. The molecule has 0 rings (SSSR count). The van der Waals surface area contributed by atoms with Gasteiger partial charge in [-0.3, -0.25) is 0 Å². The fourth-order valence-corrected chi connectivity index (χ4v) is 1.36. The van der Waals surface area contributed by atoms with Crippen molar-refractivity contribution in [1.29, 1.82) is 0 Å². The van der Waals surface area contributed by atoms with Crippen LogP contribution in [0.5, 0.6) is 0 Å². The molecule has 0 heterocycles. The molecule has 1 N–H and O–H groups in total. The van der Waals surface area contributed by atoms with Crippen LogP contribution in [0.25, 0.3) is 0 Å². The van der Waals surface area contributed by atoms with E-state index in [1.54, 1.807) is 0 Å². The Kier molecular flexibility index (Phi) is 6.01. The molecule has 1 atom stereocenters. The number of halogens is 2. The maximum absolute atomic E-state index is 9.47. The first kappa shape index (κ1) is 10.9. The topological polar surface area (TPSA) is 29.5 Å². The van der Waals surface area contributed by atoms with Gasteiger partial charge in [-0.2, -0.15) is 0 Å². The van der Waals surface area contributed by atoms with Crippen molar-refractivity contribution in [2.24, 2.45) is 0 Å². The number of hydrogen-bond donors (Lipinski definition) is 1. The van der Waals surface area contributed by atoms with Gasteiger partial charge in [0.25, 0.3) is 0 Å². The van der Waals surface area contributed by atoms with Crippen molar-refractivity contribution in [2.45, 2.75) is 18.6 Å². The zero-order valence-electron chi connectivity index (χ0n) is 5.94. The van der Waals surface area contributed by atoms with Gasteiger partial charge in [0.1, 0.15) is 0 Å². The largest absolute Gasteiger partial charge is 0.365 e. The predicted molar refractivity (Wildman–Crippen MR) is 48.8 cm³/mol. The molecule has 0 fully saturated rings. The fourth-order valence-electron chi connectivity index (χ4n) is 0.566. The van der Waals surface area contributed by atoms with E-state index in [1.165, 1.54) is 7.11 Å². The van der Waals surface area contributed by atoms with E-state index in [4.69, 9.17) is 4.74 Å². The lowest BCUT2D eigenvalue weighted by Crippen LogP contribution is -2.32. The first-order valence-electron chi connectivity index (χ1n) is 3.08. The van der Waals surface area contributed by atoms with Crippen molar-refractivity contribution >= 4 is 31.9 Å². The van der Waals surface area contributed by atoms with Gasteiger partial charge in [-0.15, -0.1) is 0 Å². The number of rotatable bonds is 5. The molecule has 0 spiro atoms. The molecule has 62 valence electrons. The van der Waals surface area contributed by atoms with Gasteiger partial charge in [0.15, 0.2) is 5.79 Å². The van der Waals surface area contributed by atoms with E-state index in [0.29, 0.717) is 11.8 Å². The molecule has 0 saturated heterocycles. The minimum absolute atomic E-state index is 0.462. The lowest BCUT2D eigenvalue weighted by atomic mass is 10.2. The second kappa shape index (κ2) is 5.52. The Balaban J connectivity index is 3.58. The van der Waals surface area contributed by atoms with Gasteiger partial charge in [0, 0.05) is 18.9 Å². The molecule has 0 amide bonds. The fraction of sp³-hybridized carbons (Fsp3) is 1.00. The van der Waals surface area contributed by atoms with Gasteiger partial charge in [0.2, 0.25) is 0 Å². The van der Waals surface area contributed by atoms with Gasteiger partial charge >= 0.3 is 0 Å². The van der Waals surface area contributed by atoms with Gasteiger partial charge in [-0.05, 0) is 6.42 Å². The Morgan fingerprint density at radius 3 is 2.40 bits per heavy atom. The highest BCUT2D eigenvalue weighted by molar-refractivity contribution is 9.09. The average molecular weight is 276 g/mol. The first-order chi connectivity index (χ1) is 4.68. The summed E-state index contributed by atoms with van der Waals surface area (Å²) in [6, 6.07) is 0. The van der Waals surface area contributed by atoms with Crippen molar-refractivity contribution < 1.29 is 9.84 Å². The monoisotopic (exact) mass is 274 g/mol. The van der Waals surface area contributed by atoms with Crippen molar-refractivity contribution in [2.75, 3.05) is 17.8 Å². The number of alkyl halides is 2. The summed E-state index contributed by atoms with van der Waals surface area (Å²) >= 11 is 6.45. The molecule has 0 aliphatic carbocycles. The molecular formula is C6H12Br2O2. The number of aliphatic hydroxyl groups is 1. The summed E-state index contributed by atoms with van der Waals surface area (Å²) in [7, 11) is 1.51. The summed E-state index contributed by atoms with van der Waals surface area (Å²) in [6.07, 6.45) is 1.57. The van der Waals surface area contributed by atoms with E-state index in [-0.39, 0.29) is 0 Å². The molecule has 0 bridgehead atoms. The molecule has 0 aliphatic heterocycles. The molecule has 0 aromatic carbocycles. The van der Waals surface area contributed by atoms with Crippen LogP contribution in [0.4, 0.5) is 0 Å². The van der Waals surface area contributed by atoms with E-state index in [0.717, 1.165) is 11.8 Å². The Morgan fingerprint density at radius 1 is 1.50 bits per heavy atom. The number of methoxy groups -OCH3 is 1. The maximum atomic E-state index is 9.47. The van der Waals surface area contributed by atoms with E-state index in [2.05, 4.69) is 31.9 Å². The predicted octanol–water partition coefficient (Wildman–Crippen LogP) is 1.89. The minimum atomic E-state index is -0.978. The molecule has 0 aliphatic rings. The van der Waals surface area contributed by atoms with Crippen LogP contribution < -0.4 is 0 Å². The van der Waals surface area contributed by atoms with E-state index >= 15 is 0 Å². The molecule has 4 heteroatoms.